The van der Waals surface area contributed by atoms with E-state index < -0.39 is 0 Å². The predicted molar refractivity (Wildman–Crippen MR) is 142 cm³/mol. The maximum Gasteiger partial charge on any atom is 0.0541 e. The van der Waals surface area contributed by atoms with Gasteiger partial charge in [-0.25, -0.2) is 0 Å². The summed E-state index contributed by atoms with van der Waals surface area (Å²) in [5, 5.41) is 2.56. The molecule has 0 saturated heterocycles. The first kappa shape index (κ1) is 19.4. The number of rotatable bonds is 2. The molecule has 0 aliphatic carbocycles. The molecule has 1 aliphatic heterocycles. The lowest BCUT2D eigenvalue weighted by Crippen LogP contribution is -2.18. The van der Waals surface area contributed by atoms with E-state index in [1.54, 1.807) is 0 Å². The second kappa shape index (κ2) is 7.99. The van der Waals surface area contributed by atoms with Crippen molar-refractivity contribution < 1.29 is 0 Å². The van der Waals surface area contributed by atoms with Gasteiger partial charge in [0.05, 0.1) is 11.0 Å². The fraction of sp³-hybridized carbons (Fsp3) is 0.0323. The zero-order chi connectivity index (χ0) is 22.2. The van der Waals surface area contributed by atoms with E-state index in [4.69, 9.17) is 0 Å². The van der Waals surface area contributed by atoms with Gasteiger partial charge in [0.2, 0.25) is 0 Å². The molecular formula is C31H24N2. The first-order valence-corrected chi connectivity index (χ1v) is 11.3. The van der Waals surface area contributed by atoms with E-state index in [1.165, 1.54) is 27.5 Å². The van der Waals surface area contributed by atoms with Crippen LogP contribution in [0.1, 0.15) is 5.56 Å². The number of hydrogen-bond acceptors (Lipinski definition) is 1. The molecule has 5 aromatic rings. The number of para-hydroxylation sites is 3. The molecule has 33 heavy (non-hydrogen) atoms. The summed E-state index contributed by atoms with van der Waals surface area (Å²) < 4.78 is 2.35. The Balaban J connectivity index is 1.48. The highest BCUT2D eigenvalue weighted by atomic mass is 15.1. The molecule has 1 aliphatic rings. The summed E-state index contributed by atoms with van der Waals surface area (Å²) in [5.41, 5.74) is 8.12. The predicted octanol–water partition coefficient (Wildman–Crippen LogP) is 8.06. The van der Waals surface area contributed by atoms with Crippen LogP contribution < -0.4 is 4.90 Å². The molecule has 2 heteroatoms. The molecule has 2 nitrogen and oxygen atoms in total. The Morgan fingerprint density at radius 3 is 1.94 bits per heavy atom. The lowest BCUT2D eigenvalue weighted by molar-refractivity contribution is 1.09. The van der Waals surface area contributed by atoms with Crippen molar-refractivity contribution >= 4 is 38.8 Å². The van der Waals surface area contributed by atoms with Crippen molar-refractivity contribution in [3.63, 3.8) is 0 Å². The zero-order valence-electron chi connectivity index (χ0n) is 18.4. The molecule has 0 unspecified atom stereocenters. The maximum atomic E-state index is 4.28. The Morgan fingerprint density at radius 2 is 1.21 bits per heavy atom. The zero-order valence-corrected chi connectivity index (χ0v) is 18.4. The monoisotopic (exact) mass is 424 g/mol. The topological polar surface area (TPSA) is 8.17 Å². The molecule has 0 radical (unpaired) electrons. The smallest absolute Gasteiger partial charge is 0.0541 e. The van der Waals surface area contributed by atoms with Gasteiger partial charge in [0.1, 0.15) is 0 Å². The van der Waals surface area contributed by atoms with Crippen molar-refractivity contribution in [2.75, 3.05) is 11.4 Å². The Morgan fingerprint density at radius 1 is 0.606 bits per heavy atom. The molecule has 158 valence electrons. The van der Waals surface area contributed by atoms with Gasteiger partial charge in [-0.05, 0) is 48.0 Å². The number of nitrogens with zero attached hydrogens (tertiary/aromatic N) is 2. The quantitative estimate of drug-likeness (QED) is 0.278. The normalized spacial score (nSPS) is 15.6. The summed E-state index contributed by atoms with van der Waals surface area (Å²) >= 11 is 0. The van der Waals surface area contributed by atoms with Gasteiger partial charge in [0.25, 0.3) is 0 Å². The molecule has 0 N–H and O–H groups in total. The molecule has 1 aromatic heterocycles. The van der Waals surface area contributed by atoms with Crippen LogP contribution in [0.15, 0.2) is 128 Å². The average molecular weight is 425 g/mol. The van der Waals surface area contributed by atoms with Crippen LogP contribution in [-0.2, 0) is 0 Å². The van der Waals surface area contributed by atoms with Crippen LogP contribution in [0.4, 0.5) is 11.4 Å². The van der Waals surface area contributed by atoms with E-state index in [1.807, 2.05) is 0 Å². The second-order valence-corrected chi connectivity index (χ2v) is 8.33. The molecule has 2 heterocycles. The molecule has 4 aromatic carbocycles. The summed E-state index contributed by atoms with van der Waals surface area (Å²) in [7, 11) is 0. The lowest BCUT2D eigenvalue weighted by atomic mass is 10.0. The SMILES string of the molecule is C=C1/C=C\C=C/CN(c2ccc(-n3c4ccccc4c4ccccc43)cc2)c2ccccc21. The number of hydrogen-bond donors (Lipinski definition) is 0. The highest BCUT2D eigenvalue weighted by Crippen LogP contribution is 2.35. The number of benzene rings is 4. The molecule has 0 fully saturated rings. The van der Waals surface area contributed by atoms with Crippen molar-refractivity contribution in [2.24, 2.45) is 0 Å². The van der Waals surface area contributed by atoms with Crippen molar-refractivity contribution in [3.05, 3.63) is 134 Å². The summed E-state index contributed by atoms with van der Waals surface area (Å²) in [6.45, 7) is 5.08. The van der Waals surface area contributed by atoms with Crippen molar-refractivity contribution in [3.8, 4) is 5.69 Å². The summed E-state index contributed by atoms with van der Waals surface area (Å²) in [6, 6.07) is 34.6. The number of fused-ring (bicyclic) bond motifs is 4. The minimum Gasteiger partial charge on any atom is -0.337 e. The van der Waals surface area contributed by atoms with E-state index in [2.05, 4.69) is 137 Å². The highest BCUT2D eigenvalue weighted by molar-refractivity contribution is 6.09. The maximum absolute atomic E-state index is 4.28. The molecule has 0 bridgehead atoms. The second-order valence-electron chi connectivity index (χ2n) is 8.33. The molecule has 0 spiro atoms. The van der Waals surface area contributed by atoms with Gasteiger partial charge in [-0.15, -0.1) is 0 Å². The molecule has 6 rings (SSSR count). The third-order valence-electron chi connectivity index (χ3n) is 6.37. The van der Waals surface area contributed by atoms with Crippen LogP contribution >= 0.6 is 0 Å². The first-order valence-electron chi connectivity index (χ1n) is 11.3. The lowest BCUT2D eigenvalue weighted by Gasteiger charge is -2.26. The van der Waals surface area contributed by atoms with Gasteiger partial charge in [-0.1, -0.05) is 85.5 Å². The minimum atomic E-state index is 0.795. The Hall–Kier alpha value is -4.30. The summed E-state index contributed by atoms with van der Waals surface area (Å²) in [6.07, 6.45) is 8.42. The van der Waals surface area contributed by atoms with Crippen LogP contribution in [0, 0.1) is 0 Å². The van der Waals surface area contributed by atoms with Crippen molar-refractivity contribution in [1.82, 2.24) is 4.57 Å². The van der Waals surface area contributed by atoms with Crippen LogP contribution in [-0.4, -0.2) is 11.1 Å². The van der Waals surface area contributed by atoms with E-state index in [-0.39, 0.29) is 0 Å². The third kappa shape index (κ3) is 3.28. The van der Waals surface area contributed by atoms with Gasteiger partial charge in [0, 0.05) is 39.9 Å². The standard InChI is InChI=1S/C31H24N2/c1-23-11-3-2-10-22-32(29-15-7-4-12-26(23)29)24-18-20-25(21-19-24)33-30-16-8-5-13-27(30)28-14-6-9-17-31(28)33/h2-21H,1,22H2/b10-2-,11-3-. The van der Waals surface area contributed by atoms with Crippen molar-refractivity contribution in [2.45, 2.75) is 0 Å². The van der Waals surface area contributed by atoms with Crippen LogP contribution in [0.2, 0.25) is 0 Å². The third-order valence-corrected chi connectivity index (χ3v) is 6.37. The Labute approximate surface area is 194 Å². The average Bonchev–Trinajstić information content (AvgIpc) is 3.23. The van der Waals surface area contributed by atoms with Crippen LogP contribution in [0.5, 0.6) is 0 Å². The van der Waals surface area contributed by atoms with E-state index in [0.29, 0.717) is 0 Å². The number of allylic oxidation sites excluding steroid dienone is 4. The van der Waals surface area contributed by atoms with Gasteiger partial charge < -0.3 is 9.47 Å². The molecule has 0 saturated carbocycles. The van der Waals surface area contributed by atoms with Gasteiger partial charge >= 0.3 is 0 Å². The molecular weight excluding hydrogens is 400 g/mol. The molecule has 0 atom stereocenters. The highest BCUT2D eigenvalue weighted by Gasteiger charge is 2.15. The van der Waals surface area contributed by atoms with E-state index >= 15 is 0 Å². The Bertz CT molecular complexity index is 1490. The fourth-order valence-electron chi connectivity index (χ4n) is 4.81. The summed E-state index contributed by atoms with van der Waals surface area (Å²) in [4.78, 5) is 2.35. The first-order chi connectivity index (χ1) is 16.3. The number of anilines is 2. The van der Waals surface area contributed by atoms with Crippen molar-refractivity contribution in [1.29, 1.82) is 0 Å². The van der Waals surface area contributed by atoms with E-state index in [0.717, 1.165) is 29.1 Å². The van der Waals surface area contributed by atoms with Crippen LogP contribution in [0.25, 0.3) is 33.1 Å². The van der Waals surface area contributed by atoms with Crippen LogP contribution in [0.3, 0.4) is 0 Å². The fourth-order valence-corrected chi connectivity index (χ4v) is 4.81. The minimum absolute atomic E-state index is 0.795. The summed E-state index contributed by atoms with van der Waals surface area (Å²) in [5.74, 6) is 0. The largest absolute Gasteiger partial charge is 0.337 e. The van der Waals surface area contributed by atoms with Gasteiger partial charge in [-0.2, -0.15) is 0 Å². The van der Waals surface area contributed by atoms with Gasteiger partial charge in [0.15, 0.2) is 0 Å². The number of aromatic nitrogens is 1. The van der Waals surface area contributed by atoms with Gasteiger partial charge in [-0.3, -0.25) is 0 Å². The Kier molecular flexibility index (Phi) is 4.70. The molecule has 0 amide bonds. The van der Waals surface area contributed by atoms with E-state index in [9.17, 15) is 0 Å².